The molecule has 0 spiro atoms. The summed E-state index contributed by atoms with van der Waals surface area (Å²) >= 11 is 0.620. The molecule has 0 fully saturated rings. The first-order chi connectivity index (χ1) is 9.57. The van der Waals surface area contributed by atoms with Crippen LogP contribution < -0.4 is 0 Å². The predicted octanol–water partition coefficient (Wildman–Crippen LogP) is 3.91. The van der Waals surface area contributed by atoms with Gasteiger partial charge in [-0.05, 0) is 42.3 Å². The lowest BCUT2D eigenvalue weighted by molar-refractivity contribution is -0.134. The Bertz CT molecular complexity index is 761. The van der Waals surface area contributed by atoms with Crippen LogP contribution >= 0.6 is 11.3 Å². The Hall–Kier alpha value is -1.38. The molecule has 21 heavy (non-hydrogen) atoms. The SMILES string of the molecule is Cc1ccc(S(=O)(=O)O)cc1Cc1ccc(C(F)(F)F)s1. The molecular formula is C13H11F3O3S2. The van der Waals surface area contributed by atoms with Crippen molar-refractivity contribution in [3.63, 3.8) is 0 Å². The van der Waals surface area contributed by atoms with Gasteiger partial charge in [0.1, 0.15) is 4.88 Å². The first-order valence-corrected chi connectivity index (χ1v) is 8.06. The average Bonchev–Trinajstić information content (AvgIpc) is 2.79. The van der Waals surface area contributed by atoms with Gasteiger partial charge in [-0.2, -0.15) is 21.6 Å². The fraction of sp³-hybridized carbons (Fsp3) is 0.231. The highest BCUT2D eigenvalue weighted by molar-refractivity contribution is 7.85. The standard InChI is InChI=1S/C13H11F3O3S2/c1-8-2-4-11(21(17,18)19)7-9(8)6-10-3-5-12(20-10)13(14,15)16/h2-5,7H,6H2,1H3,(H,17,18,19). The molecule has 0 saturated carbocycles. The van der Waals surface area contributed by atoms with E-state index in [-0.39, 0.29) is 11.3 Å². The molecule has 3 nitrogen and oxygen atoms in total. The maximum absolute atomic E-state index is 12.5. The maximum atomic E-state index is 12.5. The molecule has 0 atom stereocenters. The van der Waals surface area contributed by atoms with Gasteiger partial charge in [-0.15, -0.1) is 11.3 Å². The lowest BCUT2D eigenvalue weighted by atomic mass is 10.1. The smallest absolute Gasteiger partial charge is 0.282 e. The first kappa shape index (κ1) is 16.0. The van der Waals surface area contributed by atoms with Crippen LogP contribution in [-0.2, 0) is 22.7 Å². The van der Waals surface area contributed by atoms with E-state index in [1.165, 1.54) is 24.3 Å². The van der Waals surface area contributed by atoms with Gasteiger partial charge in [0.25, 0.3) is 10.1 Å². The van der Waals surface area contributed by atoms with Crippen LogP contribution in [0.4, 0.5) is 13.2 Å². The summed E-state index contributed by atoms with van der Waals surface area (Å²) in [6, 6.07) is 6.41. The summed E-state index contributed by atoms with van der Waals surface area (Å²) in [4.78, 5) is -0.491. The molecule has 1 N–H and O–H groups in total. The molecule has 114 valence electrons. The number of halogens is 3. The molecule has 1 aromatic heterocycles. The number of hydrogen-bond donors (Lipinski definition) is 1. The molecule has 0 saturated heterocycles. The van der Waals surface area contributed by atoms with Gasteiger partial charge in [0.15, 0.2) is 0 Å². The molecule has 0 amide bonds. The van der Waals surface area contributed by atoms with Crippen LogP contribution in [0.3, 0.4) is 0 Å². The predicted molar refractivity (Wildman–Crippen MR) is 73.1 cm³/mol. The molecule has 1 heterocycles. The van der Waals surface area contributed by atoms with E-state index in [9.17, 15) is 21.6 Å². The van der Waals surface area contributed by atoms with Crippen LogP contribution in [0, 0.1) is 6.92 Å². The third-order valence-corrected chi connectivity index (χ3v) is 4.90. The number of benzene rings is 1. The Kier molecular flexibility index (Phi) is 4.14. The highest BCUT2D eigenvalue weighted by atomic mass is 32.2. The molecule has 1 aromatic carbocycles. The summed E-state index contributed by atoms with van der Waals surface area (Å²) in [5.74, 6) is 0. The Labute approximate surface area is 123 Å². The van der Waals surface area contributed by atoms with Crippen molar-refractivity contribution >= 4 is 21.5 Å². The molecule has 2 aromatic rings. The number of aryl methyl sites for hydroxylation is 1. The summed E-state index contributed by atoms with van der Waals surface area (Å²) < 4.78 is 68.8. The van der Waals surface area contributed by atoms with Crippen molar-refractivity contribution in [1.82, 2.24) is 0 Å². The molecular weight excluding hydrogens is 325 g/mol. The highest BCUT2D eigenvalue weighted by Crippen LogP contribution is 2.35. The molecule has 0 radical (unpaired) electrons. The van der Waals surface area contributed by atoms with E-state index in [1.807, 2.05) is 0 Å². The van der Waals surface area contributed by atoms with Crippen molar-refractivity contribution in [2.75, 3.05) is 0 Å². The second kappa shape index (κ2) is 5.43. The van der Waals surface area contributed by atoms with Crippen LogP contribution in [0.5, 0.6) is 0 Å². The van der Waals surface area contributed by atoms with Gasteiger partial charge in [0, 0.05) is 11.3 Å². The van der Waals surface area contributed by atoms with Gasteiger partial charge in [-0.3, -0.25) is 4.55 Å². The fourth-order valence-corrected chi connectivity index (χ4v) is 3.24. The van der Waals surface area contributed by atoms with Gasteiger partial charge in [0.2, 0.25) is 0 Å². The van der Waals surface area contributed by atoms with E-state index in [1.54, 1.807) is 6.92 Å². The lowest BCUT2D eigenvalue weighted by Gasteiger charge is -2.06. The lowest BCUT2D eigenvalue weighted by Crippen LogP contribution is -2.01. The topological polar surface area (TPSA) is 54.4 Å². The summed E-state index contributed by atoms with van der Waals surface area (Å²) in [7, 11) is -4.33. The van der Waals surface area contributed by atoms with Gasteiger partial charge in [-0.1, -0.05) is 6.07 Å². The molecule has 0 aliphatic rings. The molecule has 2 rings (SSSR count). The van der Waals surface area contributed by atoms with E-state index < -0.39 is 21.2 Å². The van der Waals surface area contributed by atoms with Gasteiger partial charge >= 0.3 is 6.18 Å². The van der Waals surface area contributed by atoms with E-state index in [2.05, 4.69) is 0 Å². The minimum atomic E-state index is -4.38. The first-order valence-electron chi connectivity index (χ1n) is 5.80. The molecule has 8 heteroatoms. The second-order valence-electron chi connectivity index (χ2n) is 4.50. The Morgan fingerprint density at radius 2 is 1.86 bits per heavy atom. The van der Waals surface area contributed by atoms with Crippen LogP contribution in [-0.4, -0.2) is 13.0 Å². The summed E-state index contributed by atoms with van der Waals surface area (Å²) in [5.41, 5.74) is 1.30. The minimum Gasteiger partial charge on any atom is -0.282 e. The number of thiophene rings is 1. The molecule has 0 unspecified atom stereocenters. The second-order valence-corrected chi connectivity index (χ2v) is 7.09. The molecule has 0 aliphatic heterocycles. The Morgan fingerprint density at radius 1 is 1.19 bits per heavy atom. The average molecular weight is 336 g/mol. The Morgan fingerprint density at radius 3 is 2.38 bits per heavy atom. The van der Waals surface area contributed by atoms with E-state index in [0.29, 0.717) is 21.8 Å². The normalized spacial score (nSPS) is 12.6. The highest BCUT2D eigenvalue weighted by Gasteiger charge is 2.32. The molecule has 0 bridgehead atoms. The van der Waals surface area contributed by atoms with E-state index in [4.69, 9.17) is 4.55 Å². The van der Waals surface area contributed by atoms with Crippen LogP contribution in [0.15, 0.2) is 35.2 Å². The van der Waals surface area contributed by atoms with E-state index in [0.717, 1.165) is 11.6 Å². The minimum absolute atomic E-state index is 0.177. The molecule has 0 aliphatic carbocycles. The van der Waals surface area contributed by atoms with Gasteiger partial charge in [-0.25, -0.2) is 0 Å². The monoisotopic (exact) mass is 336 g/mol. The van der Waals surface area contributed by atoms with Crippen molar-refractivity contribution in [3.8, 4) is 0 Å². The van der Waals surface area contributed by atoms with Crippen molar-refractivity contribution in [2.24, 2.45) is 0 Å². The third kappa shape index (κ3) is 3.84. The zero-order valence-electron chi connectivity index (χ0n) is 10.8. The third-order valence-electron chi connectivity index (χ3n) is 2.92. The number of alkyl halides is 3. The zero-order valence-corrected chi connectivity index (χ0v) is 12.4. The van der Waals surface area contributed by atoms with Crippen LogP contribution in [0.1, 0.15) is 20.9 Å². The van der Waals surface area contributed by atoms with E-state index >= 15 is 0 Å². The van der Waals surface area contributed by atoms with Gasteiger partial charge < -0.3 is 0 Å². The fourth-order valence-electron chi connectivity index (χ4n) is 1.81. The van der Waals surface area contributed by atoms with Crippen LogP contribution in [0.2, 0.25) is 0 Å². The summed E-state index contributed by atoms with van der Waals surface area (Å²) in [6.07, 6.45) is -4.20. The summed E-state index contributed by atoms with van der Waals surface area (Å²) in [5, 5.41) is 0. The largest absolute Gasteiger partial charge is 0.425 e. The number of rotatable bonds is 3. The van der Waals surface area contributed by atoms with Crippen molar-refractivity contribution < 1.29 is 26.1 Å². The van der Waals surface area contributed by atoms with Crippen molar-refractivity contribution in [1.29, 1.82) is 0 Å². The Balaban J connectivity index is 2.33. The zero-order chi connectivity index (χ0) is 15.8. The summed E-state index contributed by atoms with van der Waals surface area (Å²) in [6.45, 7) is 1.72. The quantitative estimate of drug-likeness (QED) is 0.865. The van der Waals surface area contributed by atoms with Gasteiger partial charge in [0.05, 0.1) is 4.90 Å². The van der Waals surface area contributed by atoms with Crippen molar-refractivity contribution in [2.45, 2.75) is 24.4 Å². The van der Waals surface area contributed by atoms with Crippen LogP contribution in [0.25, 0.3) is 0 Å². The van der Waals surface area contributed by atoms with Crippen molar-refractivity contribution in [3.05, 3.63) is 51.2 Å². The number of hydrogen-bond acceptors (Lipinski definition) is 3. The maximum Gasteiger partial charge on any atom is 0.425 e.